The van der Waals surface area contributed by atoms with Crippen LogP contribution in [0.3, 0.4) is 0 Å². The Hall–Kier alpha value is -1.85. The molecule has 1 aliphatic rings. The summed E-state index contributed by atoms with van der Waals surface area (Å²) in [5, 5.41) is 3.70. The molecule has 1 fully saturated rings. The van der Waals surface area contributed by atoms with Crippen molar-refractivity contribution in [2.24, 2.45) is 0 Å². The molecule has 2 N–H and O–H groups in total. The molecule has 1 aliphatic heterocycles. The molecule has 1 aromatic heterocycles. The monoisotopic (exact) mass is 245 g/mol. The second-order valence-electron chi connectivity index (χ2n) is 4.31. The fourth-order valence-corrected chi connectivity index (χ4v) is 2.12. The largest absolute Gasteiger partial charge is 0.379 e. The Balaban J connectivity index is 1.90. The van der Waals surface area contributed by atoms with Crippen molar-refractivity contribution >= 4 is 16.6 Å². The minimum Gasteiger partial charge on any atom is -0.379 e. The maximum Gasteiger partial charge on any atom is 0.257 e. The van der Waals surface area contributed by atoms with Crippen LogP contribution in [0, 0.1) is 0 Å². The van der Waals surface area contributed by atoms with Crippen molar-refractivity contribution in [3.05, 3.63) is 40.7 Å². The number of anilines is 1. The molecule has 3 rings (SSSR count). The molecule has 2 aromatic rings. The third-order valence-corrected chi connectivity index (χ3v) is 3.04. The Morgan fingerprint density at radius 2 is 2.00 bits per heavy atom. The minimum absolute atomic E-state index is 0.0659. The molecule has 2 heterocycles. The third kappa shape index (κ3) is 2.23. The quantitative estimate of drug-likeness (QED) is 0.834. The summed E-state index contributed by atoms with van der Waals surface area (Å²) in [6.45, 7) is 3.05. The van der Waals surface area contributed by atoms with Gasteiger partial charge in [-0.15, -0.1) is 0 Å². The van der Waals surface area contributed by atoms with E-state index in [0.29, 0.717) is 18.6 Å². The maximum absolute atomic E-state index is 11.9. The van der Waals surface area contributed by atoms with E-state index in [9.17, 15) is 4.79 Å². The summed E-state index contributed by atoms with van der Waals surface area (Å²) in [6, 6.07) is 9.51. The number of aromatic nitrogens is 1. The molecule has 0 atom stereocenters. The molecule has 5 nitrogen and oxygen atoms in total. The number of hydrazine groups is 1. The van der Waals surface area contributed by atoms with E-state index >= 15 is 0 Å². The lowest BCUT2D eigenvalue weighted by atomic mass is 10.2. The van der Waals surface area contributed by atoms with Gasteiger partial charge in [-0.05, 0) is 17.5 Å². The molecule has 5 heteroatoms. The lowest BCUT2D eigenvalue weighted by Gasteiger charge is -2.27. The molecular formula is C13H15N3O2. The number of hydrogen-bond acceptors (Lipinski definition) is 4. The van der Waals surface area contributed by atoms with Crippen LogP contribution in [0.1, 0.15) is 0 Å². The first-order valence-electron chi connectivity index (χ1n) is 6.04. The van der Waals surface area contributed by atoms with Crippen molar-refractivity contribution in [2.45, 2.75) is 0 Å². The number of morpholine rings is 1. The SMILES string of the molecule is O=c1[nH]c(NN2CCOCC2)cc2ccccc12. The Labute approximate surface area is 104 Å². The Kier molecular flexibility index (Phi) is 3.00. The van der Waals surface area contributed by atoms with Crippen molar-refractivity contribution in [3.8, 4) is 0 Å². The molecular weight excluding hydrogens is 230 g/mol. The first kappa shape index (κ1) is 11.3. The van der Waals surface area contributed by atoms with Gasteiger partial charge in [0.15, 0.2) is 0 Å². The fraction of sp³-hybridized carbons (Fsp3) is 0.308. The van der Waals surface area contributed by atoms with E-state index in [1.165, 1.54) is 0 Å². The highest BCUT2D eigenvalue weighted by atomic mass is 16.5. The summed E-state index contributed by atoms with van der Waals surface area (Å²) < 4.78 is 5.28. The van der Waals surface area contributed by atoms with Gasteiger partial charge in [0.05, 0.1) is 13.2 Å². The van der Waals surface area contributed by atoms with E-state index in [-0.39, 0.29) is 5.56 Å². The minimum atomic E-state index is -0.0659. The van der Waals surface area contributed by atoms with Crippen LogP contribution >= 0.6 is 0 Å². The van der Waals surface area contributed by atoms with Crippen LogP contribution in [0.15, 0.2) is 35.1 Å². The molecule has 1 aromatic carbocycles. The summed E-state index contributed by atoms with van der Waals surface area (Å²) in [7, 11) is 0. The van der Waals surface area contributed by atoms with E-state index in [4.69, 9.17) is 4.74 Å². The normalized spacial score (nSPS) is 16.9. The van der Waals surface area contributed by atoms with Crippen molar-refractivity contribution in [2.75, 3.05) is 31.7 Å². The zero-order valence-corrected chi connectivity index (χ0v) is 9.98. The highest BCUT2D eigenvalue weighted by Crippen LogP contribution is 2.13. The van der Waals surface area contributed by atoms with E-state index < -0.39 is 0 Å². The van der Waals surface area contributed by atoms with Gasteiger partial charge in [0, 0.05) is 18.5 Å². The predicted octanol–water partition coefficient (Wildman–Crippen LogP) is 1.19. The van der Waals surface area contributed by atoms with Gasteiger partial charge in [-0.2, -0.15) is 0 Å². The van der Waals surface area contributed by atoms with Gasteiger partial charge >= 0.3 is 0 Å². The van der Waals surface area contributed by atoms with Crippen LogP contribution in [0.2, 0.25) is 0 Å². The molecule has 0 bridgehead atoms. The van der Waals surface area contributed by atoms with Crippen molar-refractivity contribution in [1.82, 2.24) is 9.99 Å². The second-order valence-corrected chi connectivity index (χ2v) is 4.31. The summed E-state index contributed by atoms with van der Waals surface area (Å²) >= 11 is 0. The smallest absolute Gasteiger partial charge is 0.257 e. The molecule has 0 radical (unpaired) electrons. The number of benzene rings is 1. The van der Waals surface area contributed by atoms with Crippen LogP contribution in [-0.4, -0.2) is 36.3 Å². The zero-order chi connectivity index (χ0) is 12.4. The number of ether oxygens (including phenoxy) is 1. The molecule has 94 valence electrons. The van der Waals surface area contributed by atoms with Crippen molar-refractivity contribution in [3.63, 3.8) is 0 Å². The first-order valence-corrected chi connectivity index (χ1v) is 6.04. The molecule has 0 amide bonds. The van der Waals surface area contributed by atoms with Crippen molar-refractivity contribution in [1.29, 1.82) is 0 Å². The van der Waals surface area contributed by atoms with E-state index in [0.717, 1.165) is 24.3 Å². The number of pyridine rings is 1. The Bertz CT molecular complexity index is 602. The molecule has 18 heavy (non-hydrogen) atoms. The number of H-pyrrole nitrogens is 1. The van der Waals surface area contributed by atoms with Gasteiger partial charge in [-0.1, -0.05) is 18.2 Å². The number of aromatic amines is 1. The van der Waals surface area contributed by atoms with Gasteiger partial charge < -0.3 is 15.1 Å². The molecule has 0 saturated carbocycles. The highest BCUT2D eigenvalue weighted by Gasteiger charge is 2.10. The zero-order valence-electron chi connectivity index (χ0n) is 9.98. The summed E-state index contributed by atoms with van der Waals surface area (Å²) in [5.74, 6) is 0.723. The number of fused-ring (bicyclic) bond motifs is 1. The van der Waals surface area contributed by atoms with Gasteiger partial charge in [0.2, 0.25) is 0 Å². The molecule has 1 saturated heterocycles. The van der Waals surface area contributed by atoms with E-state index in [2.05, 4.69) is 10.4 Å². The second kappa shape index (κ2) is 4.80. The topological polar surface area (TPSA) is 57.4 Å². The van der Waals surface area contributed by atoms with Gasteiger partial charge in [-0.3, -0.25) is 4.79 Å². The van der Waals surface area contributed by atoms with Crippen LogP contribution in [-0.2, 0) is 4.74 Å². The number of hydrogen-bond donors (Lipinski definition) is 2. The van der Waals surface area contributed by atoms with Crippen LogP contribution < -0.4 is 11.0 Å². The highest BCUT2D eigenvalue weighted by molar-refractivity contribution is 5.83. The lowest BCUT2D eigenvalue weighted by Crippen LogP contribution is -2.40. The average molecular weight is 245 g/mol. The molecule has 0 unspecified atom stereocenters. The van der Waals surface area contributed by atoms with Crippen LogP contribution in [0.25, 0.3) is 10.8 Å². The standard InChI is InChI=1S/C13H15N3O2/c17-13-11-4-2-1-3-10(11)9-12(14-13)15-16-5-7-18-8-6-16/h1-4,9H,5-8H2,(H2,14,15,17). The number of nitrogens with zero attached hydrogens (tertiary/aromatic N) is 1. The van der Waals surface area contributed by atoms with Crippen LogP contribution in [0.5, 0.6) is 0 Å². The van der Waals surface area contributed by atoms with Gasteiger partial charge in [0.1, 0.15) is 5.82 Å². The summed E-state index contributed by atoms with van der Waals surface area (Å²) in [4.78, 5) is 14.8. The number of nitrogens with one attached hydrogen (secondary N) is 2. The van der Waals surface area contributed by atoms with Crippen LogP contribution in [0.4, 0.5) is 5.82 Å². The number of rotatable bonds is 2. The lowest BCUT2D eigenvalue weighted by molar-refractivity contribution is 0.0495. The van der Waals surface area contributed by atoms with Crippen molar-refractivity contribution < 1.29 is 4.74 Å². The van der Waals surface area contributed by atoms with Gasteiger partial charge in [-0.25, -0.2) is 5.01 Å². The summed E-state index contributed by atoms with van der Waals surface area (Å²) in [6.07, 6.45) is 0. The fourth-order valence-electron chi connectivity index (χ4n) is 2.12. The van der Waals surface area contributed by atoms with Gasteiger partial charge in [0.25, 0.3) is 5.56 Å². The van der Waals surface area contributed by atoms with E-state index in [1.54, 1.807) is 0 Å². The van der Waals surface area contributed by atoms with E-state index in [1.807, 2.05) is 35.3 Å². The average Bonchev–Trinajstić information content (AvgIpc) is 2.40. The Morgan fingerprint density at radius 3 is 2.83 bits per heavy atom. The first-order chi connectivity index (χ1) is 8.83. The third-order valence-electron chi connectivity index (χ3n) is 3.04. The Morgan fingerprint density at radius 1 is 1.22 bits per heavy atom. The molecule has 0 spiro atoms. The maximum atomic E-state index is 11.9. The predicted molar refractivity (Wildman–Crippen MR) is 70.6 cm³/mol. The summed E-state index contributed by atoms with van der Waals surface area (Å²) in [5.41, 5.74) is 3.15. The molecule has 0 aliphatic carbocycles.